The second kappa shape index (κ2) is 9.33. The molecule has 0 radical (unpaired) electrons. The van der Waals surface area contributed by atoms with E-state index in [0.29, 0.717) is 19.1 Å². The third kappa shape index (κ3) is 5.53. The van der Waals surface area contributed by atoms with Crippen LogP contribution >= 0.6 is 0 Å². The molecule has 2 aliphatic heterocycles. The maximum atomic E-state index is 12.5. The number of nitrogens with zero attached hydrogens (tertiary/aromatic N) is 3. The highest BCUT2D eigenvalue weighted by Gasteiger charge is 2.25. The van der Waals surface area contributed by atoms with E-state index in [1.54, 1.807) is 0 Å². The number of hydrogen-bond donors (Lipinski definition) is 1. The van der Waals surface area contributed by atoms with Crippen LogP contribution in [0.25, 0.3) is 0 Å². The molecule has 0 spiro atoms. The first-order chi connectivity index (χ1) is 13.0. The van der Waals surface area contributed by atoms with Gasteiger partial charge in [0.15, 0.2) is 0 Å². The molecule has 6 heteroatoms. The molecule has 6 nitrogen and oxygen atoms in total. The van der Waals surface area contributed by atoms with E-state index in [4.69, 9.17) is 0 Å². The highest BCUT2D eigenvalue weighted by atomic mass is 16.2. The Morgan fingerprint density at radius 1 is 1.07 bits per heavy atom. The molecule has 2 fully saturated rings. The summed E-state index contributed by atoms with van der Waals surface area (Å²) in [4.78, 5) is 31.1. The van der Waals surface area contributed by atoms with Gasteiger partial charge in [0.2, 0.25) is 5.91 Å². The van der Waals surface area contributed by atoms with Crippen LogP contribution in [0.5, 0.6) is 0 Å². The van der Waals surface area contributed by atoms with Gasteiger partial charge >= 0.3 is 0 Å². The van der Waals surface area contributed by atoms with Crippen LogP contribution in [0.4, 0.5) is 0 Å². The van der Waals surface area contributed by atoms with E-state index in [2.05, 4.69) is 29.2 Å². The molecule has 0 aromatic heterocycles. The Kier molecular flexibility index (Phi) is 6.85. The van der Waals surface area contributed by atoms with Gasteiger partial charge in [-0.05, 0) is 57.5 Å². The molecule has 2 aliphatic rings. The summed E-state index contributed by atoms with van der Waals surface area (Å²) in [5, 5.41) is 2.99. The Morgan fingerprint density at radius 2 is 1.78 bits per heavy atom. The lowest BCUT2D eigenvalue weighted by molar-refractivity contribution is -0.122. The number of likely N-dealkylation sites (N-methyl/N-ethyl adjacent to an activating group) is 1. The molecular weight excluding hydrogens is 340 g/mol. The van der Waals surface area contributed by atoms with E-state index in [0.717, 1.165) is 56.6 Å². The number of rotatable bonds is 6. The minimum absolute atomic E-state index is 0.0582. The molecule has 148 valence electrons. The van der Waals surface area contributed by atoms with Crippen LogP contribution in [0.3, 0.4) is 0 Å². The Bertz CT molecular complexity index is 638. The second-order valence-corrected chi connectivity index (χ2v) is 7.97. The Labute approximate surface area is 162 Å². The first-order valence-electron chi connectivity index (χ1n) is 10.1. The topological polar surface area (TPSA) is 55.9 Å². The molecule has 2 amide bonds. The van der Waals surface area contributed by atoms with Crippen molar-refractivity contribution < 1.29 is 9.59 Å². The number of carbonyl (C=O) groups excluding carboxylic acids is 2. The average molecular weight is 373 g/mol. The van der Waals surface area contributed by atoms with E-state index in [9.17, 15) is 9.59 Å². The van der Waals surface area contributed by atoms with Gasteiger partial charge in [0.1, 0.15) is 0 Å². The number of amides is 2. The summed E-state index contributed by atoms with van der Waals surface area (Å²) in [5.41, 5.74) is 1.75. The predicted octanol–water partition coefficient (Wildman–Crippen LogP) is 1.56. The quantitative estimate of drug-likeness (QED) is 0.824. The van der Waals surface area contributed by atoms with Crippen molar-refractivity contribution in [3.05, 3.63) is 35.4 Å². The van der Waals surface area contributed by atoms with Gasteiger partial charge in [0.25, 0.3) is 5.91 Å². The molecule has 2 heterocycles. The van der Waals surface area contributed by atoms with Crippen molar-refractivity contribution in [2.24, 2.45) is 0 Å². The van der Waals surface area contributed by atoms with Gasteiger partial charge in [0.05, 0.1) is 6.54 Å². The van der Waals surface area contributed by atoms with E-state index in [1.807, 2.05) is 29.2 Å². The van der Waals surface area contributed by atoms with Gasteiger partial charge in [0, 0.05) is 44.3 Å². The highest BCUT2D eigenvalue weighted by molar-refractivity contribution is 5.94. The first-order valence-corrected chi connectivity index (χ1v) is 10.1. The number of benzene rings is 1. The van der Waals surface area contributed by atoms with Crippen molar-refractivity contribution in [3.8, 4) is 0 Å². The lowest BCUT2D eigenvalue weighted by Crippen LogP contribution is -2.38. The Balaban J connectivity index is 1.43. The molecule has 3 rings (SSSR count). The van der Waals surface area contributed by atoms with Gasteiger partial charge in [-0.3, -0.25) is 14.5 Å². The SMILES string of the molecule is CN(C)[C@@H]1CCN(CC(=O)NCc2ccc(C(=O)N3CCCCC3)cc2)C1. The fourth-order valence-corrected chi connectivity index (χ4v) is 3.88. The Hall–Kier alpha value is -1.92. The summed E-state index contributed by atoms with van der Waals surface area (Å²) in [6.45, 7) is 4.61. The predicted molar refractivity (Wildman–Crippen MR) is 107 cm³/mol. The number of carbonyl (C=O) groups is 2. The van der Waals surface area contributed by atoms with E-state index < -0.39 is 0 Å². The molecule has 2 saturated heterocycles. The van der Waals surface area contributed by atoms with Crippen molar-refractivity contribution in [2.75, 3.05) is 46.8 Å². The van der Waals surface area contributed by atoms with Crippen molar-refractivity contribution in [1.29, 1.82) is 0 Å². The minimum Gasteiger partial charge on any atom is -0.351 e. The third-order valence-electron chi connectivity index (χ3n) is 5.68. The van der Waals surface area contributed by atoms with Crippen LogP contribution in [0.15, 0.2) is 24.3 Å². The number of piperidine rings is 1. The standard InChI is InChI=1S/C21H32N4O2/c1-23(2)19-10-13-24(15-19)16-20(26)22-14-17-6-8-18(9-7-17)21(27)25-11-4-3-5-12-25/h6-9,19H,3-5,10-16H2,1-2H3,(H,22,26)/t19-/m1/s1. The highest BCUT2D eigenvalue weighted by Crippen LogP contribution is 2.14. The zero-order chi connectivity index (χ0) is 19.2. The molecule has 0 saturated carbocycles. The largest absolute Gasteiger partial charge is 0.351 e. The molecule has 0 aliphatic carbocycles. The zero-order valence-electron chi connectivity index (χ0n) is 16.6. The summed E-state index contributed by atoms with van der Waals surface area (Å²) in [5.74, 6) is 0.178. The number of nitrogens with one attached hydrogen (secondary N) is 1. The van der Waals surface area contributed by atoms with Crippen LogP contribution in [0, 0.1) is 0 Å². The summed E-state index contributed by atoms with van der Waals surface area (Å²) in [6.07, 6.45) is 4.53. The van der Waals surface area contributed by atoms with Gasteiger partial charge in [-0.15, -0.1) is 0 Å². The van der Waals surface area contributed by atoms with Gasteiger partial charge in [-0.2, -0.15) is 0 Å². The van der Waals surface area contributed by atoms with Gasteiger partial charge < -0.3 is 15.1 Å². The van der Waals surface area contributed by atoms with Crippen LogP contribution in [-0.2, 0) is 11.3 Å². The van der Waals surface area contributed by atoms with Crippen molar-refractivity contribution in [1.82, 2.24) is 20.0 Å². The number of likely N-dealkylation sites (tertiary alicyclic amines) is 2. The third-order valence-corrected chi connectivity index (χ3v) is 5.68. The molecule has 1 N–H and O–H groups in total. The molecule has 0 unspecified atom stereocenters. The maximum absolute atomic E-state index is 12.5. The first kappa shape index (κ1) is 19.8. The second-order valence-electron chi connectivity index (χ2n) is 7.97. The molecule has 1 aromatic carbocycles. The summed E-state index contributed by atoms with van der Waals surface area (Å²) >= 11 is 0. The van der Waals surface area contributed by atoms with Crippen molar-refractivity contribution >= 4 is 11.8 Å². The fourth-order valence-electron chi connectivity index (χ4n) is 3.88. The van der Waals surface area contributed by atoms with E-state index in [1.165, 1.54) is 6.42 Å². The van der Waals surface area contributed by atoms with Crippen molar-refractivity contribution in [3.63, 3.8) is 0 Å². The summed E-state index contributed by atoms with van der Waals surface area (Å²) in [6, 6.07) is 8.18. The van der Waals surface area contributed by atoms with E-state index in [-0.39, 0.29) is 11.8 Å². The maximum Gasteiger partial charge on any atom is 0.253 e. The van der Waals surface area contributed by atoms with Gasteiger partial charge in [-0.25, -0.2) is 0 Å². The van der Waals surface area contributed by atoms with Crippen LogP contribution in [-0.4, -0.2) is 79.4 Å². The zero-order valence-corrected chi connectivity index (χ0v) is 16.6. The molecular formula is C21H32N4O2. The summed E-state index contributed by atoms with van der Waals surface area (Å²) < 4.78 is 0. The van der Waals surface area contributed by atoms with E-state index >= 15 is 0 Å². The smallest absolute Gasteiger partial charge is 0.253 e. The lowest BCUT2D eigenvalue weighted by Gasteiger charge is -2.26. The molecule has 0 bridgehead atoms. The monoisotopic (exact) mass is 372 g/mol. The normalized spacial score (nSPS) is 20.9. The lowest BCUT2D eigenvalue weighted by atomic mass is 10.1. The van der Waals surface area contributed by atoms with Crippen LogP contribution in [0.2, 0.25) is 0 Å². The molecule has 1 atom stereocenters. The van der Waals surface area contributed by atoms with Gasteiger partial charge in [-0.1, -0.05) is 12.1 Å². The fraction of sp³-hybridized carbons (Fsp3) is 0.619. The average Bonchev–Trinajstić information content (AvgIpc) is 3.16. The van der Waals surface area contributed by atoms with Crippen LogP contribution < -0.4 is 5.32 Å². The number of hydrogen-bond acceptors (Lipinski definition) is 4. The van der Waals surface area contributed by atoms with Crippen LogP contribution in [0.1, 0.15) is 41.6 Å². The summed E-state index contributed by atoms with van der Waals surface area (Å²) in [7, 11) is 4.18. The van der Waals surface area contributed by atoms with Crippen molar-refractivity contribution in [2.45, 2.75) is 38.3 Å². The Morgan fingerprint density at radius 3 is 2.41 bits per heavy atom. The molecule has 1 aromatic rings. The minimum atomic E-state index is 0.0582. The molecule has 27 heavy (non-hydrogen) atoms.